The molecule has 1 N–H and O–H groups in total. The summed E-state index contributed by atoms with van der Waals surface area (Å²) in [5.74, 6) is 0. The molecule has 0 aromatic heterocycles. The monoisotopic (exact) mass is 249 g/mol. The summed E-state index contributed by atoms with van der Waals surface area (Å²) in [7, 11) is 2.07. The first kappa shape index (κ1) is 15.2. The summed E-state index contributed by atoms with van der Waals surface area (Å²) in [4.78, 5) is 2.21. The Morgan fingerprint density at radius 1 is 1.17 bits per heavy atom. The predicted octanol–water partition coefficient (Wildman–Crippen LogP) is 3.40. The highest BCUT2D eigenvalue weighted by atomic mass is 16.3. The van der Waals surface area contributed by atoms with Crippen molar-refractivity contribution in [3.8, 4) is 0 Å². The van der Waals surface area contributed by atoms with E-state index in [4.69, 9.17) is 0 Å². The number of rotatable bonds is 7. The molecule has 0 heterocycles. The Labute approximate surface area is 112 Å². The fourth-order valence-electron chi connectivity index (χ4n) is 2.06. The first-order valence-corrected chi connectivity index (χ1v) is 7.05. The zero-order valence-corrected chi connectivity index (χ0v) is 12.2. The molecule has 0 saturated carbocycles. The van der Waals surface area contributed by atoms with Crippen molar-refractivity contribution in [3.05, 3.63) is 35.4 Å². The molecule has 0 bridgehead atoms. The van der Waals surface area contributed by atoms with Crippen molar-refractivity contribution in [3.63, 3.8) is 0 Å². The van der Waals surface area contributed by atoms with E-state index in [1.54, 1.807) is 0 Å². The van der Waals surface area contributed by atoms with E-state index in [1.165, 1.54) is 12.0 Å². The predicted molar refractivity (Wildman–Crippen MR) is 77.8 cm³/mol. The van der Waals surface area contributed by atoms with E-state index in [0.717, 1.165) is 18.4 Å². The number of aliphatic hydroxyl groups is 1. The van der Waals surface area contributed by atoms with Crippen molar-refractivity contribution in [1.82, 2.24) is 4.90 Å². The van der Waals surface area contributed by atoms with Crippen LogP contribution in [-0.4, -0.2) is 29.6 Å². The summed E-state index contributed by atoms with van der Waals surface area (Å²) in [5.41, 5.74) is 2.37. The molecule has 1 rings (SSSR count). The van der Waals surface area contributed by atoms with Gasteiger partial charge in [0.15, 0.2) is 0 Å². The quantitative estimate of drug-likeness (QED) is 0.800. The van der Waals surface area contributed by atoms with Crippen LogP contribution in [0.3, 0.4) is 0 Å². The smallest absolute Gasteiger partial charge is 0.0916 e. The van der Waals surface area contributed by atoms with Gasteiger partial charge in [-0.05, 0) is 37.9 Å². The lowest BCUT2D eigenvalue weighted by Crippen LogP contribution is -2.32. The fraction of sp³-hybridized carbons (Fsp3) is 0.625. The van der Waals surface area contributed by atoms with E-state index in [2.05, 4.69) is 57.0 Å². The molecule has 1 aromatic carbocycles. The molecule has 2 unspecified atom stereocenters. The average Bonchev–Trinajstić information content (AvgIpc) is 2.38. The van der Waals surface area contributed by atoms with Crippen LogP contribution in [0.2, 0.25) is 0 Å². The lowest BCUT2D eigenvalue weighted by Gasteiger charge is -2.26. The summed E-state index contributed by atoms with van der Waals surface area (Å²) in [5, 5.41) is 10.2. The molecule has 0 spiro atoms. The van der Waals surface area contributed by atoms with Crippen LogP contribution in [-0.2, 0) is 6.42 Å². The number of hydrogen-bond acceptors (Lipinski definition) is 2. The third-order valence-electron chi connectivity index (χ3n) is 3.71. The molecule has 0 amide bonds. The van der Waals surface area contributed by atoms with Crippen molar-refractivity contribution < 1.29 is 5.11 Å². The van der Waals surface area contributed by atoms with Crippen LogP contribution in [0, 0.1) is 0 Å². The standard InChI is InChI=1S/C16H27NO/c1-5-7-14-8-10-15(11-9-14)16(18)12-17(4)13(3)6-2/h8-11,13,16,18H,5-7,12H2,1-4H3. The van der Waals surface area contributed by atoms with Gasteiger partial charge in [0.2, 0.25) is 0 Å². The van der Waals surface area contributed by atoms with Gasteiger partial charge in [-0.1, -0.05) is 44.5 Å². The maximum absolute atomic E-state index is 10.2. The van der Waals surface area contributed by atoms with Gasteiger partial charge in [-0.3, -0.25) is 0 Å². The van der Waals surface area contributed by atoms with E-state index >= 15 is 0 Å². The van der Waals surface area contributed by atoms with Crippen molar-refractivity contribution in [2.75, 3.05) is 13.6 Å². The first-order chi connectivity index (χ1) is 8.58. The molecule has 2 atom stereocenters. The normalized spacial score (nSPS) is 14.8. The molecule has 0 aliphatic heterocycles. The fourth-order valence-corrected chi connectivity index (χ4v) is 2.06. The van der Waals surface area contributed by atoms with Gasteiger partial charge in [-0.15, -0.1) is 0 Å². The highest BCUT2D eigenvalue weighted by Crippen LogP contribution is 2.17. The molecule has 18 heavy (non-hydrogen) atoms. The Kier molecular flexibility index (Phi) is 6.37. The molecular formula is C16H27NO. The molecule has 1 aromatic rings. The largest absolute Gasteiger partial charge is 0.387 e. The second kappa shape index (κ2) is 7.55. The van der Waals surface area contributed by atoms with E-state index < -0.39 is 0 Å². The van der Waals surface area contributed by atoms with Crippen LogP contribution in [0.25, 0.3) is 0 Å². The van der Waals surface area contributed by atoms with Gasteiger partial charge in [0, 0.05) is 12.6 Å². The SMILES string of the molecule is CCCc1ccc(C(O)CN(C)C(C)CC)cc1. The minimum absolute atomic E-state index is 0.389. The molecular weight excluding hydrogens is 222 g/mol. The van der Waals surface area contributed by atoms with Gasteiger partial charge in [0.05, 0.1) is 6.10 Å². The van der Waals surface area contributed by atoms with E-state index in [1.807, 2.05) is 0 Å². The number of benzene rings is 1. The van der Waals surface area contributed by atoms with E-state index in [0.29, 0.717) is 12.6 Å². The van der Waals surface area contributed by atoms with Crippen LogP contribution in [0.4, 0.5) is 0 Å². The second-order valence-corrected chi connectivity index (χ2v) is 5.20. The third kappa shape index (κ3) is 4.43. The number of aryl methyl sites for hydroxylation is 1. The van der Waals surface area contributed by atoms with Crippen LogP contribution in [0.1, 0.15) is 50.8 Å². The van der Waals surface area contributed by atoms with Crippen molar-refractivity contribution in [1.29, 1.82) is 0 Å². The van der Waals surface area contributed by atoms with Gasteiger partial charge in [-0.25, -0.2) is 0 Å². The van der Waals surface area contributed by atoms with Gasteiger partial charge in [0.1, 0.15) is 0 Å². The number of nitrogens with zero attached hydrogens (tertiary/aromatic N) is 1. The van der Waals surface area contributed by atoms with Crippen LogP contribution in [0.15, 0.2) is 24.3 Å². The summed E-state index contributed by atoms with van der Waals surface area (Å²) in [6, 6.07) is 8.88. The highest BCUT2D eigenvalue weighted by molar-refractivity contribution is 5.24. The van der Waals surface area contributed by atoms with E-state index in [-0.39, 0.29) is 6.10 Å². The maximum Gasteiger partial charge on any atom is 0.0916 e. The molecule has 102 valence electrons. The van der Waals surface area contributed by atoms with Gasteiger partial charge in [0.25, 0.3) is 0 Å². The van der Waals surface area contributed by atoms with Crippen LogP contribution >= 0.6 is 0 Å². The summed E-state index contributed by atoms with van der Waals surface area (Å²) in [6.07, 6.45) is 3.00. The minimum Gasteiger partial charge on any atom is -0.387 e. The van der Waals surface area contributed by atoms with Crippen molar-refractivity contribution in [2.24, 2.45) is 0 Å². The molecule has 0 radical (unpaired) electrons. The highest BCUT2D eigenvalue weighted by Gasteiger charge is 2.13. The maximum atomic E-state index is 10.2. The summed E-state index contributed by atoms with van der Waals surface area (Å²) in [6.45, 7) is 7.25. The Morgan fingerprint density at radius 3 is 2.28 bits per heavy atom. The number of likely N-dealkylation sites (N-methyl/N-ethyl adjacent to an activating group) is 1. The molecule has 2 heteroatoms. The summed E-state index contributed by atoms with van der Waals surface area (Å²) >= 11 is 0. The Balaban J connectivity index is 2.58. The minimum atomic E-state index is -0.389. The Morgan fingerprint density at radius 2 is 1.78 bits per heavy atom. The Bertz CT molecular complexity index is 333. The topological polar surface area (TPSA) is 23.5 Å². The lowest BCUT2D eigenvalue weighted by atomic mass is 10.0. The lowest BCUT2D eigenvalue weighted by molar-refractivity contribution is 0.107. The summed E-state index contributed by atoms with van der Waals surface area (Å²) < 4.78 is 0. The first-order valence-electron chi connectivity index (χ1n) is 7.05. The van der Waals surface area contributed by atoms with Crippen LogP contribution in [0.5, 0.6) is 0 Å². The molecule has 2 nitrogen and oxygen atoms in total. The van der Waals surface area contributed by atoms with E-state index in [9.17, 15) is 5.11 Å². The number of hydrogen-bond donors (Lipinski definition) is 1. The third-order valence-corrected chi connectivity index (χ3v) is 3.71. The van der Waals surface area contributed by atoms with Gasteiger partial charge < -0.3 is 10.0 Å². The van der Waals surface area contributed by atoms with Crippen LogP contribution < -0.4 is 0 Å². The molecule has 0 fully saturated rings. The van der Waals surface area contributed by atoms with Gasteiger partial charge in [-0.2, -0.15) is 0 Å². The van der Waals surface area contributed by atoms with Crippen molar-refractivity contribution >= 4 is 0 Å². The molecule has 0 aliphatic carbocycles. The molecule has 0 aliphatic rings. The van der Waals surface area contributed by atoms with Crippen molar-refractivity contribution in [2.45, 2.75) is 52.2 Å². The zero-order chi connectivity index (χ0) is 13.5. The second-order valence-electron chi connectivity index (χ2n) is 5.20. The number of aliphatic hydroxyl groups excluding tert-OH is 1. The zero-order valence-electron chi connectivity index (χ0n) is 12.2. The molecule has 0 saturated heterocycles. The Hall–Kier alpha value is -0.860. The average molecular weight is 249 g/mol. The van der Waals surface area contributed by atoms with Gasteiger partial charge >= 0.3 is 0 Å².